The van der Waals surface area contributed by atoms with Crippen molar-refractivity contribution in [1.82, 2.24) is 9.97 Å². The average Bonchev–Trinajstić information content (AvgIpc) is 2.58. The molecular weight excluding hydrogens is 314 g/mol. The number of amides is 1. The van der Waals surface area contributed by atoms with Crippen LogP contribution in [0.15, 0.2) is 48.8 Å². The maximum atomic E-state index is 13.5. The molecule has 0 aliphatic carbocycles. The number of nitrogens with one attached hydrogen (secondary N) is 2. The number of nitrogens with zero attached hydrogens (tertiary/aromatic N) is 2. The Morgan fingerprint density at radius 1 is 1.08 bits per heavy atom. The van der Waals surface area contributed by atoms with Gasteiger partial charge in [-0.05, 0) is 24.3 Å². The first kappa shape index (κ1) is 15.8. The van der Waals surface area contributed by atoms with Gasteiger partial charge in [-0.2, -0.15) is 0 Å². The number of para-hydroxylation sites is 1. The zero-order chi connectivity index (χ0) is 16.9. The topological polar surface area (TPSA) is 66.9 Å². The minimum absolute atomic E-state index is 0.0777. The second-order valence-corrected chi connectivity index (χ2v) is 5.09. The second kappa shape index (κ2) is 6.99. The van der Waals surface area contributed by atoms with Gasteiger partial charge in [0.15, 0.2) is 0 Å². The summed E-state index contributed by atoms with van der Waals surface area (Å²) in [4.78, 5) is 20.2. The molecule has 0 saturated carbocycles. The van der Waals surface area contributed by atoms with Crippen molar-refractivity contribution in [2.24, 2.45) is 0 Å². The third-order valence-corrected chi connectivity index (χ3v) is 3.39. The highest BCUT2D eigenvalue weighted by atomic mass is 19.1. The Balaban J connectivity index is 1.59. The molecule has 0 bridgehead atoms. The number of anilines is 2. The van der Waals surface area contributed by atoms with Gasteiger partial charge in [-0.3, -0.25) is 4.79 Å². The fourth-order valence-electron chi connectivity index (χ4n) is 2.25. The summed E-state index contributed by atoms with van der Waals surface area (Å²) in [6.07, 6.45) is 1.52. The van der Waals surface area contributed by atoms with Gasteiger partial charge in [-0.15, -0.1) is 0 Å². The number of rotatable bonds is 5. The van der Waals surface area contributed by atoms with E-state index in [1.165, 1.54) is 6.33 Å². The normalized spacial score (nSPS) is 10.6. The van der Waals surface area contributed by atoms with E-state index >= 15 is 0 Å². The van der Waals surface area contributed by atoms with Crippen LogP contribution in [-0.4, -0.2) is 22.4 Å². The minimum atomic E-state index is -0.681. The molecule has 0 fully saturated rings. The van der Waals surface area contributed by atoms with Crippen LogP contribution in [0.25, 0.3) is 10.9 Å². The zero-order valence-electron chi connectivity index (χ0n) is 12.6. The van der Waals surface area contributed by atoms with Gasteiger partial charge in [0.05, 0.1) is 11.2 Å². The minimum Gasteiger partial charge on any atom is -0.369 e. The van der Waals surface area contributed by atoms with Crippen LogP contribution in [0.2, 0.25) is 0 Å². The molecule has 0 aliphatic rings. The number of hydrogen-bond donors (Lipinski definition) is 2. The third kappa shape index (κ3) is 3.62. The molecule has 1 aromatic heterocycles. The van der Waals surface area contributed by atoms with Crippen LogP contribution < -0.4 is 10.6 Å². The number of aromatic nitrogens is 2. The number of hydrogen-bond acceptors (Lipinski definition) is 4. The van der Waals surface area contributed by atoms with Crippen molar-refractivity contribution in [1.29, 1.82) is 0 Å². The molecule has 0 unspecified atom stereocenters. The molecule has 24 heavy (non-hydrogen) atoms. The molecule has 0 radical (unpaired) electrons. The van der Waals surface area contributed by atoms with Crippen LogP contribution in [0.4, 0.5) is 20.3 Å². The number of fused-ring (bicyclic) bond motifs is 1. The highest BCUT2D eigenvalue weighted by molar-refractivity contribution is 5.92. The summed E-state index contributed by atoms with van der Waals surface area (Å²) >= 11 is 0. The standard InChI is InChI=1S/C17H14F2N4O/c18-11-5-6-13(19)15(9-11)23-16(24)7-8-20-17-12-3-1-2-4-14(12)21-10-22-17/h1-6,9-10H,7-8H2,(H,23,24)(H,20,21,22). The summed E-state index contributed by atoms with van der Waals surface area (Å²) in [5, 5.41) is 6.24. The summed E-state index contributed by atoms with van der Waals surface area (Å²) in [5.74, 6) is -1.10. The van der Waals surface area contributed by atoms with Gasteiger partial charge in [-0.25, -0.2) is 18.7 Å². The van der Waals surface area contributed by atoms with Crippen molar-refractivity contribution >= 4 is 28.3 Å². The van der Waals surface area contributed by atoms with Crippen molar-refractivity contribution in [2.75, 3.05) is 17.2 Å². The van der Waals surface area contributed by atoms with Gasteiger partial charge in [-0.1, -0.05) is 12.1 Å². The molecule has 5 nitrogen and oxygen atoms in total. The molecule has 3 rings (SSSR count). The van der Waals surface area contributed by atoms with Gasteiger partial charge < -0.3 is 10.6 Å². The molecule has 1 heterocycles. The Labute approximate surface area is 136 Å². The lowest BCUT2D eigenvalue weighted by atomic mass is 10.2. The van der Waals surface area contributed by atoms with E-state index in [1.54, 1.807) is 0 Å². The van der Waals surface area contributed by atoms with E-state index in [1.807, 2.05) is 24.3 Å². The van der Waals surface area contributed by atoms with E-state index in [4.69, 9.17) is 0 Å². The predicted molar refractivity (Wildman–Crippen MR) is 87.6 cm³/mol. The van der Waals surface area contributed by atoms with Crippen LogP contribution in [-0.2, 0) is 4.79 Å². The van der Waals surface area contributed by atoms with Crippen molar-refractivity contribution in [3.63, 3.8) is 0 Å². The van der Waals surface area contributed by atoms with Gasteiger partial charge in [0.1, 0.15) is 23.8 Å². The highest BCUT2D eigenvalue weighted by Gasteiger charge is 2.09. The monoisotopic (exact) mass is 328 g/mol. The van der Waals surface area contributed by atoms with E-state index in [0.717, 1.165) is 29.1 Å². The number of carbonyl (C=O) groups is 1. The number of halogens is 2. The van der Waals surface area contributed by atoms with Crippen molar-refractivity contribution in [2.45, 2.75) is 6.42 Å². The summed E-state index contributed by atoms with van der Waals surface area (Å²) in [6, 6.07) is 10.4. The molecule has 0 atom stereocenters. The quantitative estimate of drug-likeness (QED) is 0.754. The van der Waals surface area contributed by atoms with Crippen molar-refractivity contribution < 1.29 is 13.6 Å². The fourth-order valence-corrected chi connectivity index (χ4v) is 2.25. The SMILES string of the molecule is O=C(CCNc1ncnc2ccccc12)Nc1cc(F)ccc1F. The second-order valence-electron chi connectivity index (χ2n) is 5.09. The molecule has 2 aromatic carbocycles. The first-order valence-electron chi connectivity index (χ1n) is 7.32. The van der Waals surface area contributed by atoms with Crippen molar-refractivity contribution in [3.05, 3.63) is 60.4 Å². The molecule has 122 valence electrons. The average molecular weight is 328 g/mol. The van der Waals surface area contributed by atoms with Crippen LogP contribution in [0, 0.1) is 11.6 Å². The summed E-state index contributed by atoms with van der Waals surface area (Å²) in [5.41, 5.74) is 0.619. The first-order valence-corrected chi connectivity index (χ1v) is 7.32. The molecule has 1 amide bonds. The summed E-state index contributed by atoms with van der Waals surface area (Å²) in [7, 11) is 0. The Hall–Kier alpha value is -3.09. The van der Waals surface area contributed by atoms with Crippen molar-refractivity contribution in [3.8, 4) is 0 Å². The zero-order valence-corrected chi connectivity index (χ0v) is 12.6. The fraction of sp³-hybridized carbons (Fsp3) is 0.118. The van der Waals surface area contributed by atoms with E-state index in [2.05, 4.69) is 20.6 Å². The van der Waals surface area contributed by atoms with Gasteiger partial charge in [0.2, 0.25) is 5.91 Å². The number of carbonyl (C=O) groups excluding carboxylic acids is 1. The molecular formula is C17H14F2N4O. The Morgan fingerprint density at radius 2 is 1.92 bits per heavy atom. The van der Waals surface area contributed by atoms with Gasteiger partial charge >= 0.3 is 0 Å². The summed E-state index contributed by atoms with van der Waals surface area (Å²) in [6.45, 7) is 0.295. The smallest absolute Gasteiger partial charge is 0.226 e. The lowest BCUT2D eigenvalue weighted by molar-refractivity contribution is -0.116. The molecule has 3 aromatic rings. The third-order valence-electron chi connectivity index (χ3n) is 3.39. The Kier molecular flexibility index (Phi) is 4.60. The maximum Gasteiger partial charge on any atom is 0.226 e. The van der Waals surface area contributed by atoms with Crippen LogP contribution >= 0.6 is 0 Å². The van der Waals surface area contributed by atoms with Crippen LogP contribution in [0.3, 0.4) is 0 Å². The molecule has 7 heteroatoms. The lowest BCUT2D eigenvalue weighted by Crippen LogP contribution is -2.17. The largest absolute Gasteiger partial charge is 0.369 e. The lowest BCUT2D eigenvalue weighted by Gasteiger charge is -2.09. The number of benzene rings is 2. The molecule has 2 N–H and O–H groups in total. The molecule has 0 aliphatic heterocycles. The van der Waals surface area contributed by atoms with Crippen LogP contribution in [0.5, 0.6) is 0 Å². The molecule has 0 spiro atoms. The predicted octanol–water partition coefficient (Wildman–Crippen LogP) is 3.35. The van der Waals surface area contributed by atoms with Gasteiger partial charge in [0, 0.05) is 24.4 Å². The van der Waals surface area contributed by atoms with E-state index in [9.17, 15) is 13.6 Å². The maximum absolute atomic E-state index is 13.5. The Morgan fingerprint density at radius 3 is 2.79 bits per heavy atom. The first-order chi connectivity index (χ1) is 11.6. The van der Waals surface area contributed by atoms with Crippen LogP contribution in [0.1, 0.15) is 6.42 Å². The van der Waals surface area contributed by atoms with E-state index < -0.39 is 17.5 Å². The summed E-state index contributed by atoms with van der Waals surface area (Å²) < 4.78 is 26.6. The van der Waals surface area contributed by atoms with Gasteiger partial charge in [0.25, 0.3) is 0 Å². The highest BCUT2D eigenvalue weighted by Crippen LogP contribution is 2.18. The molecule has 0 saturated heterocycles. The Bertz CT molecular complexity index is 880. The van der Waals surface area contributed by atoms with E-state index in [-0.39, 0.29) is 12.1 Å². The van der Waals surface area contributed by atoms with E-state index in [0.29, 0.717) is 12.4 Å².